The van der Waals surface area contributed by atoms with E-state index in [-0.39, 0.29) is 6.03 Å². The van der Waals surface area contributed by atoms with Gasteiger partial charge in [0.1, 0.15) is 0 Å². The third-order valence-corrected chi connectivity index (χ3v) is 4.46. The molecule has 2 rings (SSSR count). The average Bonchev–Trinajstić information content (AvgIpc) is 3.30. The van der Waals surface area contributed by atoms with Gasteiger partial charge in [0.15, 0.2) is 0 Å². The van der Waals surface area contributed by atoms with Gasteiger partial charge in [0.2, 0.25) is 0 Å². The van der Waals surface area contributed by atoms with Crippen molar-refractivity contribution in [3.63, 3.8) is 0 Å². The van der Waals surface area contributed by atoms with E-state index < -0.39 is 23.3 Å². The number of aliphatic hydroxyl groups excluding tert-OH is 1. The molecule has 0 bridgehead atoms. The van der Waals surface area contributed by atoms with E-state index in [2.05, 4.69) is 5.32 Å². The number of carbonyl (C=O) groups excluding carboxylic acids is 1. The molecule has 0 heterocycles. The van der Waals surface area contributed by atoms with Gasteiger partial charge in [-0.1, -0.05) is 18.2 Å². The second-order valence-corrected chi connectivity index (χ2v) is 6.58. The molecule has 1 aliphatic rings. The fraction of sp³-hybridized carbons (Fsp3) is 0.588. The van der Waals surface area contributed by atoms with E-state index in [1.807, 2.05) is 0 Å². The Bertz CT molecular complexity index is 583. The minimum atomic E-state index is -4.36. The molecular weight excluding hydrogens is 321 g/mol. The molecule has 1 unspecified atom stereocenters. The minimum absolute atomic E-state index is 0.283. The second kappa shape index (κ2) is 7.01. The molecule has 24 heavy (non-hydrogen) atoms. The van der Waals surface area contributed by atoms with Gasteiger partial charge in [-0.2, -0.15) is 13.2 Å². The fourth-order valence-electron chi connectivity index (χ4n) is 2.61. The van der Waals surface area contributed by atoms with E-state index >= 15 is 0 Å². The van der Waals surface area contributed by atoms with E-state index in [9.17, 15) is 23.1 Å². The zero-order valence-corrected chi connectivity index (χ0v) is 13.9. The van der Waals surface area contributed by atoms with Crippen molar-refractivity contribution in [2.45, 2.75) is 43.9 Å². The SMILES string of the molecule is CC(O)CCN(C)C(=O)NCC1(c2cccc(C(F)(F)F)c2)CC1. The highest BCUT2D eigenvalue weighted by Crippen LogP contribution is 2.48. The first-order chi connectivity index (χ1) is 11.1. The summed E-state index contributed by atoms with van der Waals surface area (Å²) >= 11 is 0. The van der Waals surface area contributed by atoms with E-state index in [1.54, 1.807) is 20.0 Å². The van der Waals surface area contributed by atoms with Gasteiger partial charge < -0.3 is 15.3 Å². The van der Waals surface area contributed by atoms with Crippen molar-refractivity contribution in [1.82, 2.24) is 10.2 Å². The Kier molecular flexibility index (Phi) is 5.42. The lowest BCUT2D eigenvalue weighted by Gasteiger charge is -2.22. The number of nitrogens with zero attached hydrogens (tertiary/aromatic N) is 1. The Balaban J connectivity index is 1.96. The van der Waals surface area contributed by atoms with Crippen LogP contribution in [-0.2, 0) is 11.6 Å². The first-order valence-electron chi connectivity index (χ1n) is 7.99. The van der Waals surface area contributed by atoms with Gasteiger partial charge in [0, 0.05) is 25.6 Å². The highest BCUT2D eigenvalue weighted by molar-refractivity contribution is 5.74. The molecule has 0 radical (unpaired) electrons. The van der Waals surface area contributed by atoms with Crippen LogP contribution in [0.5, 0.6) is 0 Å². The molecule has 4 nitrogen and oxygen atoms in total. The number of halogens is 3. The molecule has 134 valence electrons. The topological polar surface area (TPSA) is 52.6 Å². The van der Waals surface area contributed by atoms with Gasteiger partial charge in [-0.05, 0) is 37.8 Å². The lowest BCUT2D eigenvalue weighted by atomic mass is 9.94. The summed E-state index contributed by atoms with van der Waals surface area (Å²) in [5.41, 5.74) is -0.446. The Morgan fingerprint density at radius 1 is 1.42 bits per heavy atom. The highest BCUT2D eigenvalue weighted by Gasteiger charge is 2.45. The molecule has 1 aromatic rings. The standard InChI is InChI=1S/C17H23F3N2O2/c1-12(23)6-9-22(2)15(24)21-11-16(7-8-16)13-4-3-5-14(10-13)17(18,19)20/h3-5,10,12,23H,6-9,11H2,1-2H3,(H,21,24). The molecule has 1 saturated carbocycles. The van der Waals surface area contributed by atoms with Crippen LogP contribution in [0.3, 0.4) is 0 Å². The molecule has 7 heteroatoms. The van der Waals surface area contributed by atoms with Gasteiger partial charge in [-0.15, -0.1) is 0 Å². The van der Waals surface area contributed by atoms with Gasteiger partial charge >= 0.3 is 12.2 Å². The van der Waals surface area contributed by atoms with E-state index in [1.165, 1.54) is 17.0 Å². The molecule has 1 atom stereocenters. The summed E-state index contributed by atoms with van der Waals surface area (Å²) in [6, 6.07) is 5.05. The Hall–Kier alpha value is -1.76. The van der Waals surface area contributed by atoms with Crippen molar-refractivity contribution in [3.05, 3.63) is 35.4 Å². The summed E-state index contributed by atoms with van der Waals surface area (Å²) in [7, 11) is 1.63. The molecule has 1 aromatic carbocycles. The number of hydrogen-bond donors (Lipinski definition) is 2. The molecule has 1 fully saturated rings. The quantitative estimate of drug-likeness (QED) is 0.833. The van der Waals surface area contributed by atoms with Crippen LogP contribution >= 0.6 is 0 Å². The number of rotatable bonds is 6. The lowest BCUT2D eigenvalue weighted by Crippen LogP contribution is -2.41. The van der Waals surface area contributed by atoms with Gasteiger partial charge in [0.25, 0.3) is 0 Å². The Labute approximate surface area is 139 Å². The smallest absolute Gasteiger partial charge is 0.393 e. The number of carbonyl (C=O) groups is 1. The van der Waals surface area contributed by atoms with Crippen molar-refractivity contribution < 1.29 is 23.1 Å². The minimum Gasteiger partial charge on any atom is -0.393 e. The van der Waals surface area contributed by atoms with Gasteiger partial charge in [-0.25, -0.2) is 4.79 Å². The van der Waals surface area contributed by atoms with Crippen molar-refractivity contribution in [2.75, 3.05) is 20.1 Å². The van der Waals surface area contributed by atoms with Crippen LogP contribution in [0.1, 0.15) is 37.3 Å². The second-order valence-electron chi connectivity index (χ2n) is 6.58. The lowest BCUT2D eigenvalue weighted by molar-refractivity contribution is -0.137. The molecule has 1 aliphatic carbocycles. The Morgan fingerprint density at radius 3 is 2.62 bits per heavy atom. The maximum absolute atomic E-state index is 12.8. The Morgan fingerprint density at radius 2 is 2.08 bits per heavy atom. The monoisotopic (exact) mass is 344 g/mol. The molecule has 0 saturated heterocycles. The van der Waals surface area contributed by atoms with Crippen LogP contribution < -0.4 is 5.32 Å². The van der Waals surface area contributed by atoms with Crippen molar-refractivity contribution in [2.24, 2.45) is 0 Å². The third kappa shape index (κ3) is 4.63. The average molecular weight is 344 g/mol. The van der Waals surface area contributed by atoms with Gasteiger partial charge in [0.05, 0.1) is 11.7 Å². The van der Waals surface area contributed by atoms with Crippen LogP contribution in [0.15, 0.2) is 24.3 Å². The first kappa shape index (κ1) is 18.6. The fourth-order valence-corrected chi connectivity index (χ4v) is 2.61. The van der Waals surface area contributed by atoms with E-state index in [0.717, 1.165) is 18.9 Å². The molecule has 2 amide bonds. The van der Waals surface area contributed by atoms with Crippen molar-refractivity contribution in [1.29, 1.82) is 0 Å². The summed E-state index contributed by atoms with van der Waals surface area (Å²) in [4.78, 5) is 13.5. The first-order valence-corrected chi connectivity index (χ1v) is 7.99. The number of alkyl halides is 3. The molecule has 0 aromatic heterocycles. The predicted octanol–water partition coefficient (Wildman–Crippen LogP) is 3.15. The summed E-state index contributed by atoms with van der Waals surface area (Å²) in [5.74, 6) is 0. The van der Waals surface area contributed by atoms with Crippen LogP contribution in [0, 0.1) is 0 Å². The summed E-state index contributed by atoms with van der Waals surface area (Å²) in [5, 5.41) is 12.0. The number of amides is 2. The number of aliphatic hydroxyl groups is 1. The molecule has 0 aliphatic heterocycles. The molecule has 0 spiro atoms. The summed E-state index contributed by atoms with van der Waals surface area (Å²) in [6.45, 7) is 2.38. The van der Waals surface area contributed by atoms with Crippen LogP contribution in [0.25, 0.3) is 0 Å². The molecular formula is C17H23F3N2O2. The van der Waals surface area contributed by atoms with Crippen LogP contribution in [-0.4, -0.2) is 42.3 Å². The normalized spacial score (nSPS) is 17.2. The third-order valence-electron chi connectivity index (χ3n) is 4.46. The maximum atomic E-state index is 12.8. The van der Waals surface area contributed by atoms with Crippen molar-refractivity contribution >= 4 is 6.03 Å². The number of urea groups is 1. The van der Waals surface area contributed by atoms with Gasteiger partial charge in [-0.3, -0.25) is 0 Å². The van der Waals surface area contributed by atoms with Crippen LogP contribution in [0.4, 0.5) is 18.0 Å². The van der Waals surface area contributed by atoms with E-state index in [0.29, 0.717) is 25.1 Å². The predicted molar refractivity (Wildman–Crippen MR) is 84.7 cm³/mol. The number of hydrogen-bond acceptors (Lipinski definition) is 2. The van der Waals surface area contributed by atoms with E-state index in [4.69, 9.17) is 0 Å². The molecule has 2 N–H and O–H groups in total. The summed E-state index contributed by atoms with van der Waals surface area (Å²) < 4.78 is 38.5. The van der Waals surface area contributed by atoms with Crippen LogP contribution in [0.2, 0.25) is 0 Å². The zero-order chi connectivity index (χ0) is 18.0. The van der Waals surface area contributed by atoms with Crippen molar-refractivity contribution in [3.8, 4) is 0 Å². The maximum Gasteiger partial charge on any atom is 0.416 e. The highest BCUT2D eigenvalue weighted by atomic mass is 19.4. The number of benzene rings is 1. The number of nitrogens with one attached hydrogen (secondary N) is 1. The summed E-state index contributed by atoms with van der Waals surface area (Å²) in [6.07, 6.45) is -2.86. The zero-order valence-electron chi connectivity index (χ0n) is 13.9. The largest absolute Gasteiger partial charge is 0.416 e.